The lowest BCUT2D eigenvalue weighted by atomic mass is 10.1. The summed E-state index contributed by atoms with van der Waals surface area (Å²) < 4.78 is 24.4. The number of ether oxygens (including phenoxy) is 3. The Morgan fingerprint density at radius 3 is 2.24 bits per heavy atom. The number of hydrogen-bond donors (Lipinski definition) is 0. The van der Waals surface area contributed by atoms with Crippen LogP contribution in [0, 0.1) is 0 Å². The van der Waals surface area contributed by atoms with Gasteiger partial charge < -0.3 is 18.6 Å². The number of aromatic nitrogens is 2. The van der Waals surface area contributed by atoms with Crippen molar-refractivity contribution in [3.05, 3.63) is 17.7 Å². The summed E-state index contributed by atoms with van der Waals surface area (Å²) in [6.07, 6.45) is 2.69. The first-order valence-corrected chi connectivity index (χ1v) is 10.5. The van der Waals surface area contributed by atoms with Gasteiger partial charge in [-0.2, -0.15) is 0 Å². The fraction of sp³-hybridized carbons (Fsp3) is 0.765. The molecule has 139 valence electrons. The van der Waals surface area contributed by atoms with Crippen molar-refractivity contribution in [2.75, 3.05) is 13.2 Å². The van der Waals surface area contributed by atoms with Gasteiger partial charge in [-0.15, -0.1) is 0 Å². The molecule has 2 fully saturated rings. The van der Waals surface area contributed by atoms with Gasteiger partial charge in [0.2, 0.25) is 14.3 Å². The molecule has 0 bridgehead atoms. The van der Waals surface area contributed by atoms with Crippen LogP contribution in [0.1, 0.15) is 34.6 Å². The SMILES string of the molecule is CC(C)[Si](O[C@@H]1CO[C@H]2[C@@H]1OC[C@H]2Oc1cnc(Cl)nc1)C(C)(C)C. The van der Waals surface area contributed by atoms with E-state index in [1.165, 1.54) is 0 Å². The van der Waals surface area contributed by atoms with Crippen molar-refractivity contribution >= 4 is 20.6 Å². The predicted octanol–water partition coefficient (Wildman–Crippen LogP) is 3.26. The molecular formula is C17H26ClN2O4Si. The fourth-order valence-corrected chi connectivity index (χ4v) is 6.49. The third kappa shape index (κ3) is 4.34. The number of nitrogens with zero attached hydrogens (tertiary/aromatic N) is 2. The Balaban J connectivity index is 1.62. The summed E-state index contributed by atoms with van der Waals surface area (Å²) in [4.78, 5) is 7.87. The fourth-order valence-electron chi connectivity index (χ4n) is 3.51. The van der Waals surface area contributed by atoms with Crippen molar-refractivity contribution in [2.24, 2.45) is 0 Å². The Labute approximate surface area is 155 Å². The van der Waals surface area contributed by atoms with Crippen LogP contribution in [0.4, 0.5) is 0 Å². The largest absolute Gasteiger partial charge is 0.482 e. The molecule has 2 aliphatic rings. The molecule has 0 saturated carbocycles. The van der Waals surface area contributed by atoms with E-state index in [2.05, 4.69) is 44.6 Å². The van der Waals surface area contributed by atoms with E-state index in [-0.39, 0.29) is 34.7 Å². The van der Waals surface area contributed by atoms with Crippen LogP contribution in [0.5, 0.6) is 5.75 Å². The Morgan fingerprint density at radius 1 is 1.12 bits per heavy atom. The Bertz CT molecular complexity index is 581. The second-order valence-electron chi connectivity index (χ2n) is 7.87. The maximum Gasteiger partial charge on any atom is 0.222 e. The highest BCUT2D eigenvalue weighted by Gasteiger charge is 2.51. The highest BCUT2D eigenvalue weighted by atomic mass is 35.5. The van der Waals surface area contributed by atoms with Crippen LogP contribution < -0.4 is 4.74 Å². The lowest BCUT2D eigenvalue weighted by molar-refractivity contribution is 0.0149. The molecule has 1 radical (unpaired) electrons. The lowest BCUT2D eigenvalue weighted by Crippen LogP contribution is -2.42. The Hall–Kier alpha value is -0.733. The number of halogens is 1. The summed E-state index contributed by atoms with van der Waals surface area (Å²) in [5, 5.41) is 0.357. The molecule has 0 aromatic carbocycles. The van der Waals surface area contributed by atoms with Crippen molar-refractivity contribution in [2.45, 2.75) is 69.6 Å². The minimum Gasteiger partial charge on any atom is -0.482 e. The van der Waals surface area contributed by atoms with E-state index in [4.69, 9.17) is 30.2 Å². The molecule has 0 unspecified atom stereocenters. The van der Waals surface area contributed by atoms with Crippen LogP contribution in [0.15, 0.2) is 12.4 Å². The zero-order valence-electron chi connectivity index (χ0n) is 15.4. The number of rotatable bonds is 5. The normalized spacial score (nSPS) is 29.4. The van der Waals surface area contributed by atoms with Gasteiger partial charge in [0.25, 0.3) is 0 Å². The minimum atomic E-state index is -1.01. The summed E-state index contributed by atoms with van der Waals surface area (Å²) >= 11 is 5.71. The molecule has 4 atom stereocenters. The summed E-state index contributed by atoms with van der Waals surface area (Å²) in [6.45, 7) is 12.2. The summed E-state index contributed by atoms with van der Waals surface area (Å²) in [6, 6.07) is 0. The minimum absolute atomic E-state index is 0.0319. The van der Waals surface area contributed by atoms with E-state index in [1.807, 2.05) is 0 Å². The first-order valence-electron chi connectivity index (χ1n) is 8.67. The van der Waals surface area contributed by atoms with Gasteiger partial charge in [-0.05, 0) is 22.2 Å². The summed E-state index contributed by atoms with van der Waals surface area (Å²) in [5.41, 5.74) is 0.517. The summed E-state index contributed by atoms with van der Waals surface area (Å²) in [5.74, 6) is 0.563. The molecule has 25 heavy (non-hydrogen) atoms. The van der Waals surface area contributed by atoms with Crippen LogP contribution in [0.3, 0.4) is 0 Å². The first-order chi connectivity index (χ1) is 11.8. The number of hydrogen-bond acceptors (Lipinski definition) is 6. The van der Waals surface area contributed by atoms with E-state index in [9.17, 15) is 0 Å². The average Bonchev–Trinajstić information content (AvgIpc) is 3.09. The molecular weight excluding hydrogens is 360 g/mol. The predicted molar refractivity (Wildman–Crippen MR) is 96.4 cm³/mol. The van der Waals surface area contributed by atoms with Crippen LogP contribution in [0.2, 0.25) is 15.9 Å². The maximum absolute atomic E-state index is 6.52. The van der Waals surface area contributed by atoms with Crippen molar-refractivity contribution in [1.82, 2.24) is 9.97 Å². The monoisotopic (exact) mass is 385 g/mol. The van der Waals surface area contributed by atoms with Gasteiger partial charge in [-0.3, -0.25) is 0 Å². The van der Waals surface area contributed by atoms with Crippen LogP contribution >= 0.6 is 11.6 Å². The van der Waals surface area contributed by atoms with Gasteiger partial charge in [0, 0.05) is 0 Å². The van der Waals surface area contributed by atoms with Crippen molar-refractivity contribution < 1.29 is 18.6 Å². The van der Waals surface area contributed by atoms with Crippen molar-refractivity contribution in [1.29, 1.82) is 0 Å². The Kier molecular flexibility index (Phi) is 5.70. The Morgan fingerprint density at radius 2 is 1.68 bits per heavy atom. The van der Waals surface area contributed by atoms with E-state index >= 15 is 0 Å². The van der Waals surface area contributed by atoms with Crippen molar-refractivity contribution in [3.63, 3.8) is 0 Å². The highest BCUT2D eigenvalue weighted by molar-refractivity contribution is 6.56. The molecule has 1 aromatic heterocycles. The van der Waals surface area contributed by atoms with E-state index < -0.39 is 9.04 Å². The molecule has 6 nitrogen and oxygen atoms in total. The zero-order chi connectivity index (χ0) is 18.2. The van der Waals surface area contributed by atoms with E-state index in [0.29, 0.717) is 24.5 Å². The molecule has 8 heteroatoms. The van der Waals surface area contributed by atoms with Crippen LogP contribution in [-0.4, -0.2) is 56.6 Å². The van der Waals surface area contributed by atoms with Gasteiger partial charge in [-0.25, -0.2) is 9.97 Å². The topological polar surface area (TPSA) is 62.7 Å². The molecule has 1 aromatic rings. The van der Waals surface area contributed by atoms with Gasteiger partial charge in [0.05, 0.1) is 31.7 Å². The van der Waals surface area contributed by atoms with E-state index in [0.717, 1.165) is 0 Å². The van der Waals surface area contributed by atoms with Crippen LogP contribution in [0.25, 0.3) is 0 Å². The molecule has 0 N–H and O–H groups in total. The molecule has 2 aliphatic heterocycles. The molecule has 3 heterocycles. The maximum atomic E-state index is 6.52. The van der Waals surface area contributed by atoms with Gasteiger partial charge in [0.15, 0.2) is 11.9 Å². The second-order valence-corrected chi connectivity index (χ2v) is 11.8. The quantitative estimate of drug-likeness (QED) is 0.572. The molecule has 0 aliphatic carbocycles. The average molecular weight is 386 g/mol. The standard InChI is InChI=1S/C17H26ClN2O4Si/c1-10(2)25(17(3,4)5)24-13-9-22-14-12(8-21-15(13)14)23-11-6-19-16(18)20-7-11/h6-7,10,12-15H,8-9H2,1-5H3/t12-,13-,14-,15-/m1/s1. The third-order valence-electron chi connectivity index (χ3n) is 4.39. The van der Waals surface area contributed by atoms with Crippen LogP contribution in [-0.2, 0) is 13.9 Å². The van der Waals surface area contributed by atoms with Gasteiger partial charge in [-0.1, -0.05) is 34.6 Å². The second kappa shape index (κ2) is 7.48. The zero-order valence-corrected chi connectivity index (χ0v) is 17.1. The summed E-state index contributed by atoms with van der Waals surface area (Å²) in [7, 11) is -1.01. The number of fused-ring (bicyclic) bond motifs is 1. The first kappa shape index (κ1) is 19.0. The molecule has 3 rings (SSSR count). The van der Waals surface area contributed by atoms with Gasteiger partial charge >= 0.3 is 0 Å². The third-order valence-corrected chi connectivity index (χ3v) is 7.67. The smallest absolute Gasteiger partial charge is 0.222 e. The highest BCUT2D eigenvalue weighted by Crippen LogP contribution is 2.38. The van der Waals surface area contributed by atoms with Crippen molar-refractivity contribution in [3.8, 4) is 5.75 Å². The molecule has 0 amide bonds. The lowest BCUT2D eigenvalue weighted by Gasteiger charge is -2.34. The molecule has 0 spiro atoms. The van der Waals surface area contributed by atoms with E-state index in [1.54, 1.807) is 12.4 Å². The van der Waals surface area contributed by atoms with Gasteiger partial charge in [0.1, 0.15) is 12.2 Å². The molecule has 2 saturated heterocycles.